The number of para-hydroxylation sites is 1. The fourth-order valence-electron chi connectivity index (χ4n) is 3.07. The normalized spacial score (nSPS) is 10.9. The van der Waals surface area contributed by atoms with Gasteiger partial charge in [0, 0.05) is 28.9 Å². The number of nitrogens with zero attached hydrogens (tertiary/aromatic N) is 1. The van der Waals surface area contributed by atoms with Gasteiger partial charge >= 0.3 is 0 Å². The van der Waals surface area contributed by atoms with Crippen molar-refractivity contribution in [1.29, 1.82) is 0 Å². The number of H-pyrrole nitrogens is 1. The van der Waals surface area contributed by atoms with Gasteiger partial charge in [0.1, 0.15) is 0 Å². The Labute approximate surface area is 155 Å². The number of aromatic nitrogens is 2. The largest absolute Gasteiger partial charge is 0.493 e. The van der Waals surface area contributed by atoms with Crippen LogP contribution in [0.1, 0.15) is 5.56 Å². The number of hydrogen-bond donors (Lipinski definition) is 2. The van der Waals surface area contributed by atoms with Crippen LogP contribution < -0.4 is 20.3 Å². The van der Waals surface area contributed by atoms with Gasteiger partial charge in [0.05, 0.1) is 37.1 Å². The van der Waals surface area contributed by atoms with Gasteiger partial charge in [-0.25, -0.2) is 0 Å². The maximum absolute atomic E-state index is 12.4. The van der Waals surface area contributed by atoms with Gasteiger partial charge in [0.2, 0.25) is 0 Å². The molecule has 0 bridgehead atoms. The Balaban J connectivity index is 1.64. The Hall–Kier alpha value is -3.54. The van der Waals surface area contributed by atoms with Crippen LogP contribution >= 0.6 is 0 Å². The van der Waals surface area contributed by atoms with E-state index in [4.69, 9.17) is 9.47 Å². The van der Waals surface area contributed by atoms with E-state index in [-0.39, 0.29) is 5.56 Å². The number of hydrogen-bond acceptors (Lipinski definition) is 5. The third-order valence-corrected chi connectivity index (χ3v) is 4.50. The number of fused-ring (bicyclic) bond motifs is 2. The molecule has 6 nitrogen and oxygen atoms in total. The van der Waals surface area contributed by atoms with E-state index in [0.717, 1.165) is 22.0 Å². The van der Waals surface area contributed by atoms with Crippen molar-refractivity contribution in [2.24, 2.45) is 0 Å². The second-order valence-electron chi connectivity index (χ2n) is 6.19. The van der Waals surface area contributed by atoms with E-state index in [9.17, 15) is 4.79 Å². The van der Waals surface area contributed by atoms with Crippen molar-refractivity contribution in [2.45, 2.75) is 6.54 Å². The molecule has 0 unspecified atom stereocenters. The zero-order valence-corrected chi connectivity index (χ0v) is 15.1. The average Bonchev–Trinajstić information content (AvgIpc) is 2.71. The summed E-state index contributed by atoms with van der Waals surface area (Å²) in [6, 6.07) is 15.4. The number of rotatable bonds is 5. The Morgan fingerprint density at radius 2 is 1.78 bits per heavy atom. The quantitative estimate of drug-likeness (QED) is 0.567. The van der Waals surface area contributed by atoms with Crippen LogP contribution in [0, 0.1) is 0 Å². The highest BCUT2D eigenvalue weighted by Crippen LogP contribution is 2.31. The Kier molecular flexibility index (Phi) is 4.38. The first-order valence-corrected chi connectivity index (χ1v) is 8.54. The van der Waals surface area contributed by atoms with Gasteiger partial charge in [0.15, 0.2) is 11.5 Å². The third-order valence-electron chi connectivity index (χ3n) is 4.50. The lowest BCUT2D eigenvalue weighted by molar-refractivity contribution is 0.356. The number of methoxy groups -OCH3 is 2. The fraction of sp³-hybridized carbons (Fsp3) is 0.143. The van der Waals surface area contributed by atoms with Crippen LogP contribution in [0.2, 0.25) is 0 Å². The van der Waals surface area contributed by atoms with Gasteiger partial charge in [-0.2, -0.15) is 0 Å². The van der Waals surface area contributed by atoms with Gasteiger partial charge in [-0.1, -0.05) is 18.2 Å². The number of aromatic amines is 1. The molecule has 0 atom stereocenters. The molecule has 0 aliphatic carbocycles. The second kappa shape index (κ2) is 6.99. The molecule has 0 fully saturated rings. The van der Waals surface area contributed by atoms with Crippen molar-refractivity contribution >= 4 is 27.5 Å². The molecule has 0 spiro atoms. The van der Waals surface area contributed by atoms with E-state index >= 15 is 0 Å². The Morgan fingerprint density at radius 1 is 1.00 bits per heavy atom. The van der Waals surface area contributed by atoms with Crippen molar-refractivity contribution in [3.05, 3.63) is 70.6 Å². The molecule has 2 aromatic carbocycles. The molecule has 6 heteroatoms. The van der Waals surface area contributed by atoms with Gasteiger partial charge in [0.25, 0.3) is 5.56 Å². The molecule has 0 saturated heterocycles. The monoisotopic (exact) mass is 361 g/mol. The van der Waals surface area contributed by atoms with Gasteiger partial charge < -0.3 is 19.8 Å². The van der Waals surface area contributed by atoms with Gasteiger partial charge in [-0.05, 0) is 24.3 Å². The number of benzene rings is 2. The lowest BCUT2D eigenvalue weighted by Crippen LogP contribution is -2.15. The first-order valence-electron chi connectivity index (χ1n) is 8.54. The molecule has 27 heavy (non-hydrogen) atoms. The van der Waals surface area contributed by atoms with E-state index in [0.29, 0.717) is 29.1 Å². The highest BCUT2D eigenvalue weighted by molar-refractivity contribution is 5.83. The van der Waals surface area contributed by atoms with Gasteiger partial charge in [-0.15, -0.1) is 0 Å². The molecule has 4 rings (SSSR count). The maximum atomic E-state index is 12.4. The van der Waals surface area contributed by atoms with Crippen LogP contribution in [-0.2, 0) is 6.54 Å². The van der Waals surface area contributed by atoms with Crippen molar-refractivity contribution in [2.75, 3.05) is 19.5 Å². The summed E-state index contributed by atoms with van der Waals surface area (Å²) in [6.45, 7) is 0.389. The summed E-state index contributed by atoms with van der Waals surface area (Å²) in [6.07, 6.45) is 1.77. The van der Waals surface area contributed by atoms with Crippen molar-refractivity contribution in [3.63, 3.8) is 0 Å². The van der Waals surface area contributed by atoms with Crippen LogP contribution in [0.5, 0.6) is 11.5 Å². The summed E-state index contributed by atoms with van der Waals surface area (Å²) in [5.41, 5.74) is 2.99. The lowest BCUT2D eigenvalue weighted by atomic mass is 10.1. The first kappa shape index (κ1) is 16.9. The standard InChI is InChI=1S/C21H19N3O3/c1-26-19-9-14-7-15(21(25)24-18(14)10-20(19)27-2)11-22-16-8-13-5-3-4-6-17(13)23-12-16/h3-10,12,22H,11H2,1-2H3,(H,24,25). The molecule has 0 saturated carbocycles. The Bertz CT molecular complexity index is 1180. The smallest absolute Gasteiger partial charge is 0.253 e. The summed E-state index contributed by atoms with van der Waals surface area (Å²) in [5.74, 6) is 1.20. The molecule has 4 aromatic rings. The zero-order valence-electron chi connectivity index (χ0n) is 15.1. The summed E-state index contributed by atoms with van der Waals surface area (Å²) in [7, 11) is 3.16. The molecule has 0 aliphatic rings. The first-order chi connectivity index (χ1) is 13.2. The van der Waals surface area contributed by atoms with Crippen LogP contribution in [0.25, 0.3) is 21.8 Å². The highest BCUT2D eigenvalue weighted by atomic mass is 16.5. The minimum absolute atomic E-state index is 0.143. The SMILES string of the molecule is COc1cc2cc(CNc3cnc4ccccc4c3)c(=O)[nH]c2cc1OC. The predicted molar refractivity (Wildman–Crippen MR) is 107 cm³/mol. The summed E-state index contributed by atoms with van der Waals surface area (Å²) in [5, 5.41) is 5.19. The lowest BCUT2D eigenvalue weighted by Gasteiger charge is -2.11. The summed E-state index contributed by atoms with van der Waals surface area (Å²) < 4.78 is 10.6. The van der Waals surface area contributed by atoms with E-state index in [2.05, 4.69) is 15.3 Å². The third kappa shape index (κ3) is 3.29. The Morgan fingerprint density at radius 3 is 2.59 bits per heavy atom. The van der Waals surface area contributed by atoms with Crippen LogP contribution in [0.15, 0.2) is 59.5 Å². The molecule has 0 radical (unpaired) electrons. The van der Waals surface area contributed by atoms with E-state index < -0.39 is 0 Å². The number of ether oxygens (including phenoxy) is 2. The molecule has 0 amide bonds. The van der Waals surface area contributed by atoms with E-state index in [1.165, 1.54) is 0 Å². The van der Waals surface area contributed by atoms with Gasteiger partial charge in [-0.3, -0.25) is 9.78 Å². The van der Waals surface area contributed by atoms with Crippen molar-refractivity contribution < 1.29 is 9.47 Å². The highest BCUT2D eigenvalue weighted by Gasteiger charge is 2.09. The van der Waals surface area contributed by atoms with E-state index in [1.54, 1.807) is 26.5 Å². The minimum Gasteiger partial charge on any atom is -0.493 e. The second-order valence-corrected chi connectivity index (χ2v) is 6.19. The molecule has 136 valence electrons. The number of anilines is 1. The van der Waals surface area contributed by atoms with Crippen molar-refractivity contribution in [1.82, 2.24) is 9.97 Å². The molecule has 2 aromatic heterocycles. The van der Waals surface area contributed by atoms with Crippen LogP contribution in [0.4, 0.5) is 5.69 Å². The summed E-state index contributed by atoms with van der Waals surface area (Å²) in [4.78, 5) is 19.8. The maximum Gasteiger partial charge on any atom is 0.253 e. The minimum atomic E-state index is -0.143. The van der Waals surface area contributed by atoms with Crippen molar-refractivity contribution in [3.8, 4) is 11.5 Å². The summed E-state index contributed by atoms with van der Waals surface area (Å²) >= 11 is 0. The molecular formula is C21H19N3O3. The topological polar surface area (TPSA) is 76.2 Å². The van der Waals surface area contributed by atoms with Crippen LogP contribution in [-0.4, -0.2) is 24.2 Å². The molecule has 0 aliphatic heterocycles. The molecular weight excluding hydrogens is 342 g/mol. The fourth-order valence-corrected chi connectivity index (χ4v) is 3.07. The zero-order chi connectivity index (χ0) is 18.8. The number of pyridine rings is 2. The van der Waals surface area contributed by atoms with E-state index in [1.807, 2.05) is 42.5 Å². The predicted octanol–water partition coefficient (Wildman–Crippen LogP) is 3.71. The van der Waals surface area contributed by atoms with Crippen LogP contribution in [0.3, 0.4) is 0 Å². The number of nitrogens with one attached hydrogen (secondary N) is 2. The average molecular weight is 361 g/mol. The molecule has 2 N–H and O–H groups in total. The molecule has 2 heterocycles.